The van der Waals surface area contributed by atoms with Crippen LogP contribution in [-0.2, 0) is 14.4 Å². The van der Waals surface area contributed by atoms with Crippen LogP contribution in [-0.4, -0.2) is 18.9 Å². The first-order valence-electron chi connectivity index (χ1n) is 4.45. The van der Waals surface area contributed by atoms with Gasteiger partial charge in [0.1, 0.15) is 5.82 Å². The molecular formula is C10H11FN2O3. The second-order valence-electron chi connectivity index (χ2n) is 3.03. The molecule has 86 valence electrons. The highest BCUT2D eigenvalue weighted by Crippen LogP contribution is 2.16. The molecule has 0 fully saturated rings. The molecule has 0 heterocycles. The summed E-state index contributed by atoms with van der Waals surface area (Å²) >= 11 is 0. The van der Waals surface area contributed by atoms with Crippen molar-refractivity contribution >= 4 is 17.5 Å². The van der Waals surface area contributed by atoms with Gasteiger partial charge >= 0.3 is 11.8 Å². The third-order valence-corrected chi connectivity index (χ3v) is 1.84. The smallest absolute Gasteiger partial charge is 0.315 e. The molecule has 0 atom stereocenters. The largest absolute Gasteiger partial charge is 0.333 e. The van der Waals surface area contributed by atoms with E-state index in [0.717, 1.165) is 0 Å². The summed E-state index contributed by atoms with van der Waals surface area (Å²) in [6.07, 6.45) is 0. The molecule has 0 radical (unpaired) electrons. The van der Waals surface area contributed by atoms with E-state index in [-0.39, 0.29) is 5.69 Å². The zero-order valence-corrected chi connectivity index (χ0v) is 8.83. The van der Waals surface area contributed by atoms with Gasteiger partial charge in [0.05, 0.1) is 12.8 Å². The van der Waals surface area contributed by atoms with Crippen LogP contribution in [0.2, 0.25) is 0 Å². The quantitative estimate of drug-likeness (QED) is 0.577. The summed E-state index contributed by atoms with van der Waals surface area (Å²) in [5.74, 6) is -2.56. The van der Waals surface area contributed by atoms with Gasteiger partial charge in [-0.15, -0.1) is 0 Å². The van der Waals surface area contributed by atoms with E-state index in [4.69, 9.17) is 0 Å². The van der Waals surface area contributed by atoms with Gasteiger partial charge in [0.2, 0.25) is 0 Å². The summed E-state index contributed by atoms with van der Waals surface area (Å²) in [7, 11) is 1.19. The Bertz CT molecular complexity index is 421. The number of hydroxylamine groups is 1. The van der Waals surface area contributed by atoms with Crippen LogP contribution in [0.5, 0.6) is 0 Å². The van der Waals surface area contributed by atoms with Gasteiger partial charge in [0.25, 0.3) is 0 Å². The van der Waals surface area contributed by atoms with Crippen LogP contribution in [0.4, 0.5) is 10.1 Å². The number of halogens is 1. The van der Waals surface area contributed by atoms with E-state index in [0.29, 0.717) is 5.56 Å². The summed E-state index contributed by atoms with van der Waals surface area (Å²) in [5.41, 5.74) is 2.16. The predicted molar refractivity (Wildman–Crippen MR) is 54.9 cm³/mol. The Labute approximate surface area is 91.5 Å². The normalized spacial score (nSPS) is 9.69. The van der Waals surface area contributed by atoms with Crippen molar-refractivity contribution in [3.63, 3.8) is 0 Å². The van der Waals surface area contributed by atoms with Gasteiger partial charge in [-0.2, -0.15) is 0 Å². The predicted octanol–water partition coefficient (Wildman–Crippen LogP) is 0.750. The minimum Gasteiger partial charge on any atom is -0.315 e. The van der Waals surface area contributed by atoms with Gasteiger partial charge in [-0.1, -0.05) is 12.1 Å². The fourth-order valence-electron chi connectivity index (χ4n) is 1.06. The topological polar surface area (TPSA) is 67.4 Å². The Morgan fingerprint density at radius 1 is 1.31 bits per heavy atom. The molecule has 2 amide bonds. The van der Waals surface area contributed by atoms with E-state index in [1.807, 2.05) is 5.48 Å². The molecule has 16 heavy (non-hydrogen) atoms. The zero-order valence-electron chi connectivity index (χ0n) is 8.83. The average Bonchev–Trinajstić information content (AvgIpc) is 2.25. The van der Waals surface area contributed by atoms with Gasteiger partial charge in [0.15, 0.2) is 0 Å². The van der Waals surface area contributed by atoms with E-state index < -0.39 is 17.6 Å². The summed E-state index contributed by atoms with van der Waals surface area (Å²) in [6.45, 7) is 1.56. The maximum Gasteiger partial charge on any atom is 0.333 e. The molecular weight excluding hydrogens is 215 g/mol. The molecule has 0 saturated carbocycles. The van der Waals surface area contributed by atoms with Crippen LogP contribution >= 0.6 is 0 Å². The summed E-state index contributed by atoms with van der Waals surface area (Å²) in [4.78, 5) is 26.4. The van der Waals surface area contributed by atoms with Gasteiger partial charge in [-0.3, -0.25) is 14.4 Å². The lowest BCUT2D eigenvalue weighted by Crippen LogP contribution is -2.34. The molecule has 0 saturated heterocycles. The number of hydrogen-bond acceptors (Lipinski definition) is 3. The zero-order chi connectivity index (χ0) is 12.1. The lowest BCUT2D eigenvalue weighted by atomic mass is 10.2. The number of nitrogens with one attached hydrogen (secondary N) is 2. The van der Waals surface area contributed by atoms with Gasteiger partial charge < -0.3 is 5.32 Å². The first kappa shape index (κ1) is 12.1. The third kappa shape index (κ3) is 2.77. The number of amides is 2. The number of anilines is 1. The average molecular weight is 226 g/mol. The molecule has 0 aromatic heterocycles. The number of aryl methyl sites for hydroxylation is 1. The molecule has 0 spiro atoms. The third-order valence-electron chi connectivity index (χ3n) is 1.84. The van der Waals surface area contributed by atoms with E-state index in [2.05, 4.69) is 10.2 Å². The van der Waals surface area contributed by atoms with Crippen molar-refractivity contribution in [2.75, 3.05) is 12.4 Å². The van der Waals surface area contributed by atoms with E-state index in [9.17, 15) is 14.0 Å². The fourth-order valence-corrected chi connectivity index (χ4v) is 1.06. The molecule has 1 rings (SSSR count). The number of benzene rings is 1. The van der Waals surface area contributed by atoms with Crippen molar-refractivity contribution in [2.24, 2.45) is 0 Å². The number of hydrogen-bond donors (Lipinski definition) is 2. The van der Waals surface area contributed by atoms with Gasteiger partial charge in [-0.25, -0.2) is 9.87 Å². The van der Waals surface area contributed by atoms with Crippen molar-refractivity contribution in [2.45, 2.75) is 6.92 Å². The van der Waals surface area contributed by atoms with Crippen molar-refractivity contribution in [1.29, 1.82) is 0 Å². The minimum absolute atomic E-state index is 0.0451. The molecule has 0 bridgehead atoms. The molecule has 0 aliphatic heterocycles. The standard InChI is InChI=1S/C10H11FN2O3/c1-6-4-3-5-7(8(6)11)12-9(14)10(15)13-16-2/h3-5H,1-2H3,(H,12,14)(H,13,15). The van der Waals surface area contributed by atoms with Crippen molar-refractivity contribution in [3.05, 3.63) is 29.6 Å². The molecule has 0 unspecified atom stereocenters. The number of carbonyl (C=O) groups excluding carboxylic acids is 2. The van der Waals surface area contributed by atoms with E-state index >= 15 is 0 Å². The monoisotopic (exact) mass is 226 g/mol. The van der Waals surface area contributed by atoms with Crippen molar-refractivity contribution in [3.8, 4) is 0 Å². The van der Waals surface area contributed by atoms with E-state index in [1.54, 1.807) is 19.1 Å². The Morgan fingerprint density at radius 3 is 2.62 bits per heavy atom. The summed E-state index contributed by atoms with van der Waals surface area (Å²) in [6, 6.07) is 4.49. The molecule has 1 aromatic carbocycles. The molecule has 1 aromatic rings. The first-order valence-corrected chi connectivity index (χ1v) is 4.45. The molecule has 6 heteroatoms. The molecule has 0 aliphatic rings. The Balaban J connectivity index is 2.77. The molecule has 5 nitrogen and oxygen atoms in total. The lowest BCUT2D eigenvalue weighted by molar-refractivity contribution is -0.142. The van der Waals surface area contributed by atoms with Crippen LogP contribution in [0, 0.1) is 12.7 Å². The molecule has 2 N–H and O–H groups in total. The minimum atomic E-state index is -0.997. The van der Waals surface area contributed by atoms with Gasteiger partial charge in [0, 0.05) is 0 Å². The van der Waals surface area contributed by atoms with E-state index in [1.165, 1.54) is 13.2 Å². The highest BCUT2D eigenvalue weighted by atomic mass is 19.1. The van der Waals surface area contributed by atoms with Crippen LogP contribution < -0.4 is 10.8 Å². The van der Waals surface area contributed by atoms with Gasteiger partial charge in [-0.05, 0) is 18.6 Å². The Kier molecular flexibility index (Phi) is 3.96. The number of carbonyl (C=O) groups is 2. The lowest BCUT2D eigenvalue weighted by Gasteiger charge is -2.07. The summed E-state index contributed by atoms with van der Waals surface area (Å²) in [5, 5.41) is 2.13. The van der Waals surface area contributed by atoms with Crippen LogP contribution in [0.3, 0.4) is 0 Å². The van der Waals surface area contributed by atoms with Crippen molar-refractivity contribution in [1.82, 2.24) is 5.48 Å². The fraction of sp³-hybridized carbons (Fsp3) is 0.200. The highest BCUT2D eigenvalue weighted by molar-refractivity contribution is 6.39. The Morgan fingerprint density at radius 2 is 2.00 bits per heavy atom. The highest BCUT2D eigenvalue weighted by Gasteiger charge is 2.15. The van der Waals surface area contributed by atoms with Crippen LogP contribution in [0.1, 0.15) is 5.56 Å². The second-order valence-corrected chi connectivity index (χ2v) is 3.03. The Hall–Kier alpha value is -1.95. The van der Waals surface area contributed by atoms with Crippen LogP contribution in [0.25, 0.3) is 0 Å². The maximum absolute atomic E-state index is 13.4. The summed E-state index contributed by atoms with van der Waals surface area (Å²) < 4.78 is 13.4. The number of rotatable bonds is 2. The van der Waals surface area contributed by atoms with Crippen LogP contribution in [0.15, 0.2) is 18.2 Å². The second kappa shape index (κ2) is 5.22. The first-order chi connectivity index (χ1) is 7.56. The maximum atomic E-state index is 13.4. The molecule has 0 aliphatic carbocycles. The SMILES string of the molecule is CONC(=O)C(=O)Nc1cccc(C)c1F. The van der Waals surface area contributed by atoms with Crippen molar-refractivity contribution < 1.29 is 18.8 Å².